The van der Waals surface area contributed by atoms with Gasteiger partial charge in [-0.3, -0.25) is 0 Å². The van der Waals surface area contributed by atoms with Crippen LogP contribution < -0.4 is 0 Å². The molecule has 0 atom stereocenters. The summed E-state index contributed by atoms with van der Waals surface area (Å²) in [5.41, 5.74) is 0.749. The number of rotatable bonds is 3. The van der Waals surface area contributed by atoms with Gasteiger partial charge in [-0.05, 0) is 103 Å². The Bertz CT molecular complexity index is 331. The lowest BCUT2D eigenvalue weighted by Crippen LogP contribution is -2.46. The lowest BCUT2D eigenvalue weighted by atomic mass is 9.68. The second kappa shape index (κ2) is 7.69. The molecule has 0 N–H and O–H groups in total. The molecule has 0 unspecified atom stereocenters. The standard InChI is InChI=1S/C19H35IN2/c1-16(2)22-11-5-17(6-12-22)15-21-13-9-19(10-14-21)7-3-18(20)4-8-19/h16-18H,3-15H2,1-2H3. The van der Waals surface area contributed by atoms with Crippen molar-refractivity contribution in [2.24, 2.45) is 11.3 Å². The van der Waals surface area contributed by atoms with E-state index < -0.39 is 0 Å². The van der Waals surface area contributed by atoms with E-state index in [4.69, 9.17) is 0 Å². The number of nitrogens with zero attached hydrogens (tertiary/aromatic N) is 2. The van der Waals surface area contributed by atoms with E-state index in [1.54, 1.807) is 0 Å². The van der Waals surface area contributed by atoms with Gasteiger partial charge in [0.1, 0.15) is 0 Å². The van der Waals surface area contributed by atoms with Gasteiger partial charge in [-0.2, -0.15) is 0 Å². The Hall–Kier alpha value is 0.650. The van der Waals surface area contributed by atoms with Gasteiger partial charge >= 0.3 is 0 Å². The fourth-order valence-corrected chi connectivity index (χ4v) is 5.54. The molecule has 1 saturated carbocycles. The first kappa shape index (κ1) is 17.5. The van der Waals surface area contributed by atoms with E-state index in [0.717, 1.165) is 21.3 Å². The van der Waals surface area contributed by atoms with Crippen molar-refractivity contribution >= 4 is 22.6 Å². The summed E-state index contributed by atoms with van der Waals surface area (Å²) in [6, 6.07) is 0.740. The van der Waals surface area contributed by atoms with Gasteiger partial charge in [0.25, 0.3) is 0 Å². The zero-order valence-electron chi connectivity index (χ0n) is 14.7. The summed E-state index contributed by atoms with van der Waals surface area (Å²) >= 11 is 2.67. The van der Waals surface area contributed by atoms with Crippen LogP contribution in [-0.4, -0.2) is 52.5 Å². The van der Waals surface area contributed by atoms with Crippen molar-refractivity contribution in [2.75, 3.05) is 32.7 Å². The van der Waals surface area contributed by atoms with Crippen LogP contribution in [0.3, 0.4) is 0 Å². The molecule has 3 rings (SSSR count). The Balaban J connectivity index is 1.39. The Morgan fingerprint density at radius 1 is 0.909 bits per heavy atom. The molecule has 0 aromatic rings. The topological polar surface area (TPSA) is 6.48 Å². The first-order chi connectivity index (χ1) is 10.6. The van der Waals surface area contributed by atoms with Gasteiger partial charge in [-0.25, -0.2) is 0 Å². The lowest BCUT2D eigenvalue weighted by molar-refractivity contribution is 0.0506. The molecule has 3 heteroatoms. The third kappa shape index (κ3) is 4.38. The minimum absolute atomic E-state index is 0.740. The second-order valence-corrected chi connectivity index (χ2v) is 10.3. The molecule has 128 valence electrons. The highest BCUT2D eigenvalue weighted by molar-refractivity contribution is 14.1. The molecule has 0 aromatic carbocycles. The SMILES string of the molecule is CC(C)N1CCC(CN2CCC3(CCC(I)CC3)CC2)CC1. The van der Waals surface area contributed by atoms with Crippen LogP contribution in [0.15, 0.2) is 0 Å². The molecule has 2 nitrogen and oxygen atoms in total. The number of halogens is 1. The molecule has 3 fully saturated rings. The Kier molecular flexibility index (Phi) is 6.11. The van der Waals surface area contributed by atoms with Crippen LogP contribution in [0, 0.1) is 11.3 Å². The normalized spacial score (nSPS) is 29.5. The van der Waals surface area contributed by atoms with Crippen LogP contribution in [0.4, 0.5) is 0 Å². The number of piperidine rings is 2. The summed E-state index contributed by atoms with van der Waals surface area (Å²) in [5, 5.41) is 0. The van der Waals surface area contributed by atoms with E-state index in [2.05, 4.69) is 46.2 Å². The highest BCUT2D eigenvalue weighted by Crippen LogP contribution is 2.46. The molecule has 0 bridgehead atoms. The van der Waals surface area contributed by atoms with Gasteiger partial charge in [-0.15, -0.1) is 0 Å². The largest absolute Gasteiger partial charge is 0.303 e. The lowest BCUT2D eigenvalue weighted by Gasteiger charge is -2.46. The van der Waals surface area contributed by atoms with Gasteiger partial charge in [-0.1, -0.05) is 22.6 Å². The maximum atomic E-state index is 2.80. The summed E-state index contributed by atoms with van der Waals surface area (Å²) < 4.78 is 0.965. The number of alkyl halides is 1. The Morgan fingerprint density at radius 3 is 2.05 bits per heavy atom. The fraction of sp³-hybridized carbons (Fsp3) is 1.00. The summed E-state index contributed by atoms with van der Waals surface area (Å²) in [6.45, 7) is 11.5. The van der Waals surface area contributed by atoms with Crippen molar-refractivity contribution in [3.63, 3.8) is 0 Å². The minimum Gasteiger partial charge on any atom is -0.303 e. The molecular weight excluding hydrogens is 383 g/mol. The van der Waals surface area contributed by atoms with Gasteiger partial charge < -0.3 is 9.80 Å². The number of hydrogen-bond donors (Lipinski definition) is 0. The monoisotopic (exact) mass is 418 g/mol. The van der Waals surface area contributed by atoms with E-state index >= 15 is 0 Å². The highest BCUT2D eigenvalue weighted by Gasteiger charge is 2.37. The first-order valence-electron chi connectivity index (χ1n) is 9.67. The average molecular weight is 418 g/mol. The molecule has 2 heterocycles. The van der Waals surface area contributed by atoms with Crippen LogP contribution in [0.1, 0.15) is 65.2 Å². The predicted octanol–water partition coefficient (Wildman–Crippen LogP) is 4.57. The van der Waals surface area contributed by atoms with Crippen LogP contribution >= 0.6 is 22.6 Å². The average Bonchev–Trinajstić information content (AvgIpc) is 2.53. The first-order valence-corrected chi connectivity index (χ1v) is 10.9. The highest BCUT2D eigenvalue weighted by atomic mass is 127. The maximum absolute atomic E-state index is 2.80. The van der Waals surface area contributed by atoms with E-state index in [9.17, 15) is 0 Å². The Labute approximate surface area is 151 Å². The van der Waals surface area contributed by atoms with E-state index in [1.807, 2.05) is 0 Å². The molecule has 1 aliphatic carbocycles. The van der Waals surface area contributed by atoms with Crippen molar-refractivity contribution in [1.29, 1.82) is 0 Å². The van der Waals surface area contributed by atoms with E-state index in [-0.39, 0.29) is 0 Å². The predicted molar refractivity (Wildman–Crippen MR) is 104 cm³/mol. The smallest absolute Gasteiger partial charge is 0.0110 e. The van der Waals surface area contributed by atoms with Crippen LogP contribution in [0.5, 0.6) is 0 Å². The fourth-order valence-electron chi connectivity index (χ4n) is 4.92. The zero-order chi connectivity index (χ0) is 15.6. The molecule has 2 saturated heterocycles. The van der Waals surface area contributed by atoms with Crippen LogP contribution in [-0.2, 0) is 0 Å². The minimum atomic E-state index is 0.740. The molecule has 3 aliphatic rings. The molecular formula is C19H35IN2. The van der Waals surface area contributed by atoms with Gasteiger partial charge in [0.15, 0.2) is 0 Å². The summed E-state index contributed by atoms with van der Waals surface area (Å²) in [6.07, 6.45) is 11.8. The van der Waals surface area contributed by atoms with E-state index in [1.165, 1.54) is 84.1 Å². The molecule has 0 radical (unpaired) electrons. The molecule has 0 amide bonds. The molecule has 22 heavy (non-hydrogen) atoms. The maximum Gasteiger partial charge on any atom is 0.0110 e. The van der Waals surface area contributed by atoms with Gasteiger partial charge in [0.05, 0.1) is 0 Å². The molecule has 1 spiro atoms. The van der Waals surface area contributed by atoms with Crippen molar-refractivity contribution in [3.8, 4) is 0 Å². The number of hydrogen-bond acceptors (Lipinski definition) is 2. The second-order valence-electron chi connectivity index (χ2n) is 8.55. The zero-order valence-corrected chi connectivity index (χ0v) is 16.9. The van der Waals surface area contributed by atoms with Crippen molar-refractivity contribution in [2.45, 2.75) is 75.2 Å². The van der Waals surface area contributed by atoms with Crippen molar-refractivity contribution < 1.29 is 0 Å². The van der Waals surface area contributed by atoms with Gasteiger partial charge in [0, 0.05) is 16.5 Å². The third-order valence-electron chi connectivity index (χ3n) is 6.79. The summed E-state index contributed by atoms with van der Waals surface area (Å²) in [4.78, 5) is 5.46. The van der Waals surface area contributed by atoms with Crippen LogP contribution in [0.2, 0.25) is 0 Å². The third-order valence-corrected chi connectivity index (χ3v) is 8.03. The van der Waals surface area contributed by atoms with Crippen molar-refractivity contribution in [3.05, 3.63) is 0 Å². The summed E-state index contributed by atoms with van der Waals surface area (Å²) in [5.74, 6) is 0.967. The van der Waals surface area contributed by atoms with Crippen molar-refractivity contribution in [1.82, 2.24) is 9.80 Å². The molecule has 0 aromatic heterocycles. The van der Waals surface area contributed by atoms with Crippen LogP contribution in [0.25, 0.3) is 0 Å². The quantitative estimate of drug-likeness (QED) is 0.490. The van der Waals surface area contributed by atoms with E-state index in [0.29, 0.717) is 0 Å². The molecule has 2 aliphatic heterocycles. The number of likely N-dealkylation sites (tertiary alicyclic amines) is 2. The summed E-state index contributed by atoms with van der Waals surface area (Å²) in [7, 11) is 0. The van der Waals surface area contributed by atoms with Gasteiger partial charge in [0.2, 0.25) is 0 Å². The Morgan fingerprint density at radius 2 is 1.50 bits per heavy atom.